The van der Waals surface area contributed by atoms with Crippen molar-refractivity contribution in [2.75, 3.05) is 13.1 Å². The molecule has 2 amide bonds. The van der Waals surface area contributed by atoms with E-state index in [1.165, 1.54) is 0 Å². The van der Waals surface area contributed by atoms with Gasteiger partial charge in [0.15, 0.2) is 0 Å². The third kappa shape index (κ3) is 3.90. The lowest BCUT2D eigenvalue weighted by atomic mass is 9.97. The van der Waals surface area contributed by atoms with Gasteiger partial charge in [-0.25, -0.2) is 0 Å². The van der Waals surface area contributed by atoms with Gasteiger partial charge in [0, 0.05) is 25.1 Å². The highest BCUT2D eigenvalue weighted by Crippen LogP contribution is 2.25. The monoisotopic (exact) mass is 336 g/mol. The van der Waals surface area contributed by atoms with Gasteiger partial charge in [0.25, 0.3) is 5.91 Å². The fourth-order valence-corrected chi connectivity index (χ4v) is 3.36. The normalized spacial score (nSPS) is 17.0. The van der Waals surface area contributed by atoms with Crippen molar-refractivity contribution in [2.24, 2.45) is 0 Å². The van der Waals surface area contributed by atoms with Crippen molar-refractivity contribution >= 4 is 11.8 Å². The number of nitrogens with zero attached hydrogens (tertiary/aromatic N) is 1. The number of hydrogen-bond acceptors (Lipinski definition) is 2. The minimum absolute atomic E-state index is 0.114. The smallest absolute Gasteiger partial charge is 0.252 e. The van der Waals surface area contributed by atoms with E-state index in [0.29, 0.717) is 18.5 Å². The molecule has 1 heterocycles. The molecule has 0 spiro atoms. The van der Waals surface area contributed by atoms with Crippen molar-refractivity contribution in [3.63, 3.8) is 0 Å². The number of carbonyl (C=O) groups is 2. The molecule has 0 saturated carbocycles. The van der Waals surface area contributed by atoms with Crippen molar-refractivity contribution < 1.29 is 9.59 Å². The maximum Gasteiger partial charge on any atom is 0.252 e. The Hall–Kier alpha value is -2.62. The van der Waals surface area contributed by atoms with Crippen LogP contribution in [0.1, 0.15) is 35.7 Å². The second-order valence-corrected chi connectivity index (χ2v) is 6.63. The summed E-state index contributed by atoms with van der Waals surface area (Å²) in [6.45, 7) is 5.45. The summed E-state index contributed by atoms with van der Waals surface area (Å²) in [5.41, 5.74) is 3.75. The van der Waals surface area contributed by atoms with Gasteiger partial charge in [-0.3, -0.25) is 9.59 Å². The first kappa shape index (κ1) is 17.2. The van der Waals surface area contributed by atoms with Gasteiger partial charge in [0.2, 0.25) is 5.91 Å². The second kappa shape index (κ2) is 7.51. The molecule has 0 radical (unpaired) electrons. The van der Waals surface area contributed by atoms with Crippen LogP contribution in [-0.4, -0.2) is 35.8 Å². The van der Waals surface area contributed by atoms with Gasteiger partial charge in [-0.2, -0.15) is 0 Å². The number of rotatable bonds is 5. The van der Waals surface area contributed by atoms with E-state index in [4.69, 9.17) is 0 Å². The number of benzene rings is 2. The molecule has 130 valence electrons. The average Bonchev–Trinajstić information content (AvgIpc) is 2.94. The van der Waals surface area contributed by atoms with Crippen molar-refractivity contribution in [2.45, 2.75) is 32.7 Å². The lowest BCUT2D eigenvalue weighted by Crippen LogP contribution is -2.37. The van der Waals surface area contributed by atoms with E-state index in [1.807, 2.05) is 54.3 Å². The lowest BCUT2D eigenvalue weighted by Gasteiger charge is -2.17. The fraction of sp³-hybridized carbons (Fsp3) is 0.333. The van der Waals surface area contributed by atoms with E-state index >= 15 is 0 Å². The van der Waals surface area contributed by atoms with E-state index in [0.717, 1.165) is 29.7 Å². The van der Waals surface area contributed by atoms with E-state index in [-0.39, 0.29) is 17.9 Å². The maximum absolute atomic E-state index is 12.8. The highest BCUT2D eigenvalue weighted by Gasteiger charge is 2.30. The first-order chi connectivity index (χ1) is 12.1. The quantitative estimate of drug-likeness (QED) is 0.910. The predicted molar refractivity (Wildman–Crippen MR) is 99.4 cm³/mol. The summed E-state index contributed by atoms with van der Waals surface area (Å²) in [6.07, 6.45) is 1.32. The Morgan fingerprint density at radius 3 is 2.76 bits per heavy atom. The van der Waals surface area contributed by atoms with E-state index in [9.17, 15) is 9.59 Å². The molecule has 0 aliphatic carbocycles. The largest absolute Gasteiger partial charge is 0.347 e. The van der Waals surface area contributed by atoms with Crippen LogP contribution in [-0.2, 0) is 4.79 Å². The molecule has 1 fully saturated rings. The van der Waals surface area contributed by atoms with Crippen molar-refractivity contribution in [1.82, 2.24) is 10.2 Å². The zero-order valence-corrected chi connectivity index (χ0v) is 14.8. The topological polar surface area (TPSA) is 49.4 Å². The molecular formula is C21H24N2O2. The zero-order valence-electron chi connectivity index (χ0n) is 14.8. The molecule has 1 aliphatic heterocycles. The minimum Gasteiger partial charge on any atom is -0.347 e. The molecule has 1 saturated heterocycles. The first-order valence-corrected chi connectivity index (χ1v) is 8.83. The third-order valence-corrected chi connectivity index (χ3v) is 4.54. The molecule has 4 heteroatoms. The molecule has 0 aromatic heterocycles. The van der Waals surface area contributed by atoms with Gasteiger partial charge in [-0.1, -0.05) is 55.0 Å². The second-order valence-electron chi connectivity index (χ2n) is 6.63. The molecule has 1 N–H and O–H groups in total. The van der Waals surface area contributed by atoms with Crippen LogP contribution in [0.5, 0.6) is 0 Å². The van der Waals surface area contributed by atoms with Crippen LogP contribution < -0.4 is 5.32 Å². The molecule has 1 aliphatic rings. The van der Waals surface area contributed by atoms with Crippen LogP contribution in [0, 0.1) is 6.92 Å². The van der Waals surface area contributed by atoms with Crippen molar-refractivity contribution in [1.29, 1.82) is 0 Å². The van der Waals surface area contributed by atoms with Crippen LogP contribution >= 0.6 is 0 Å². The maximum atomic E-state index is 12.8. The van der Waals surface area contributed by atoms with Gasteiger partial charge in [-0.15, -0.1) is 0 Å². The van der Waals surface area contributed by atoms with Crippen LogP contribution in [0.4, 0.5) is 0 Å². The number of likely N-dealkylation sites (tertiary alicyclic amines) is 1. The Kier molecular flexibility index (Phi) is 5.17. The molecule has 2 aromatic rings. The molecule has 0 bridgehead atoms. The summed E-state index contributed by atoms with van der Waals surface area (Å²) in [7, 11) is 0. The Balaban J connectivity index is 1.79. The number of carbonyl (C=O) groups excluding carboxylic acids is 2. The highest BCUT2D eigenvalue weighted by molar-refractivity contribution is 6.01. The number of nitrogens with one attached hydrogen (secondary N) is 1. The van der Waals surface area contributed by atoms with E-state index in [1.54, 1.807) is 0 Å². The lowest BCUT2D eigenvalue weighted by molar-refractivity contribution is -0.127. The molecule has 1 unspecified atom stereocenters. The number of hydrogen-bond donors (Lipinski definition) is 1. The predicted octanol–water partition coefficient (Wildman–Crippen LogP) is 3.40. The Bertz CT molecular complexity index is 785. The van der Waals surface area contributed by atoms with Crippen molar-refractivity contribution in [3.8, 4) is 11.1 Å². The molecule has 25 heavy (non-hydrogen) atoms. The van der Waals surface area contributed by atoms with Gasteiger partial charge in [0.1, 0.15) is 0 Å². The van der Waals surface area contributed by atoms with Gasteiger partial charge < -0.3 is 10.2 Å². The SMILES string of the molecule is CCCN1CC(NC(=O)c2ccccc2-c2cccc(C)c2)CC1=O. The Labute approximate surface area is 148 Å². The Morgan fingerprint density at radius 1 is 1.20 bits per heavy atom. The highest BCUT2D eigenvalue weighted by atomic mass is 16.2. The summed E-state index contributed by atoms with van der Waals surface area (Å²) in [5.74, 6) is 0.00683. The zero-order chi connectivity index (χ0) is 17.8. The number of amides is 2. The van der Waals surface area contributed by atoms with Crippen LogP contribution in [0.15, 0.2) is 48.5 Å². The average molecular weight is 336 g/mol. The molecule has 4 nitrogen and oxygen atoms in total. The first-order valence-electron chi connectivity index (χ1n) is 8.83. The molecule has 2 aromatic carbocycles. The minimum atomic E-state index is -0.117. The van der Waals surface area contributed by atoms with E-state index in [2.05, 4.69) is 18.3 Å². The standard InChI is InChI=1S/C21H24N2O2/c1-3-11-23-14-17(13-20(23)24)22-21(25)19-10-5-4-9-18(19)16-8-6-7-15(2)12-16/h4-10,12,17H,3,11,13-14H2,1-2H3,(H,22,25). The van der Waals surface area contributed by atoms with Crippen LogP contribution in [0.25, 0.3) is 11.1 Å². The van der Waals surface area contributed by atoms with Crippen LogP contribution in [0.3, 0.4) is 0 Å². The van der Waals surface area contributed by atoms with Gasteiger partial charge >= 0.3 is 0 Å². The number of aryl methyl sites for hydroxylation is 1. The molecule has 1 atom stereocenters. The van der Waals surface area contributed by atoms with Crippen LogP contribution in [0.2, 0.25) is 0 Å². The summed E-state index contributed by atoms with van der Waals surface area (Å²) < 4.78 is 0. The van der Waals surface area contributed by atoms with Crippen molar-refractivity contribution in [3.05, 3.63) is 59.7 Å². The molecular weight excluding hydrogens is 312 g/mol. The fourth-order valence-electron chi connectivity index (χ4n) is 3.36. The molecule has 3 rings (SSSR count). The van der Waals surface area contributed by atoms with Gasteiger partial charge in [-0.05, 0) is 30.5 Å². The summed E-state index contributed by atoms with van der Waals surface area (Å²) in [5, 5.41) is 3.04. The summed E-state index contributed by atoms with van der Waals surface area (Å²) >= 11 is 0. The third-order valence-electron chi connectivity index (χ3n) is 4.54. The van der Waals surface area contributed by atoms with E-state index < -0.39 is 0 Å². The Morgan fingerprint density at radius 2 is 2.00 bits per heavy atom. The van der Waals surface area contributed by atoms with Gasteiger partial charge in [0.05, 0.1) is 6.04 Å². The summed E-state index contributed by atoms with van der Waals surface area (Å²) in [6, 6.07) is 15.6. The summed E-state index contributed by atoms with van der Waals surface area (Å²) in [4.78, 5) is 26.6.